The van der Waals surface area contributed by atoms with Crippen molar-refractivity contribution in [1.82, 2.24) is 14.5 Å². The Balaban J connectivity index is 1.51. The summed E-state index contributed by atoms with van der Waals surface area (Å²) in [6.07, 6.45) is 0. The van der Waals surface area contributed by atoms with Crippen LogP contribution in [0, 0.1) is 0 Å². The van der Waals surface area contributed by atoms with Crippen molar-refractivity contribution in [2.75, 3.05) is 0 Å². The van der Waals surface area contributed by atoms with E-state index in [1.54, 1.807) is 0 Å². The van der Waals surface area contributed by atoms with Crippen LogP contribution in [-0.2, 0) is 10.8 Å². The van der Waals surface area contributed by atoms with Gasteiger partial charge in [-0.1, -0.05) is 137 Å². The van der Waals surface area contributed by atoms with Crippen LogP contribution in [0.5, 0.6) is 0 Å². The maximum Gasteiger partial charge on any atom is 0.165 e. The number of fused-ring (bicyclic) bond motifs is 10. The fourth-order valence-corrected chi connectivity index (χ4v) is 7.79. The van der Waals surface area contributed by atoms with Crippen molar-refractivity contribution in [3.8, 4) is 28.2 Å². The summed E-state index contributed by atoms with van der Waals surface area (Å²) in [6.45, 7) is 9.69. The van der Waals surface area contributed by atoms with Gasteiger partial charge in [0.25, 0.3) is 0 Å². The largest absolute Gasteiger partial charge is 0.292 e. The van der Waals surface area contributed by atoms with E-state index in [4.69, 9.17) is 9.97 Å². The lowest BCUT2D eigenvalue weighted by atomic mass is 9.54. The van der Waals surface area contributed by atoms with Gasteiger partial charge in [0.2, 0.25) is 0 Å². The summed E-state index contributed by atoms with van der Waals surface area (Å²) in [5.74, 6) is 0.858. The third kappa shape index (κ3) is 3.47. The summed E-state index contributed by atoms with van der Waals surface area (Å²) in [5, 5.41) is 5.04. The van der Waals surface area contributed by atoms with Gasteiger partial charge in [0.05, 0.1) is 22.1 Å². The number of para-hydroxylation sites is 3. The zero-order valence-corrected chi connectivity index (χ0v) is 26.0. The molecule has 45 heavy (non-hydrogen) atoms. The van der Waals surface area contributed by atoms with Crippen molar-refractivity contribution < 1.29 is 0 Å². The van der Waals surface area contributed by atoms with Gasteiger partial charge in [-0.2, -0.15) is 0 Å². The van der Waals surface area contributed by atoms with Crippen LogP contribution in [0.4, 0.5) is 0 Å². The Bertz CT molecular complexity index is 2480. The van der Waals surface area contributed by atoms with Gasteiger partial charge < -0.3 is 0 Å². The minimum atomic E-state index is -0.208. The molecule has 0 radical (unpaired) electrons. The molecule has 0 fully saturated rings. The number of aromatic nitrogens is 3. The zero-order valence-electron chi connectivity index (χ0n) is 26.0. The third-order valence-corrected chi connectivity index (χ3v) is 10.7. The average Bonchev–Trinajstić information content (AvgIpc) is 3.40. The molecule has 0 saturated heterocycles. The Morgan fingerprint density at radius 3 is 2.00 bits per heavy atom. The highest BCUT2D eigenvalue weighted by Gasteiger charge is 2.48. The maximum absolute atomic E-state index is 5.42. The topological polar surface area (TPSA) is 30.7 Å². The van der Waals surface area contributed by atoms with Crippen LogP contribution in [0.25, 0.3) is 71.8 Å². The molecular weight excluding hydrogens is 546 g/mol. The number of rotatable bonds is 2. The van der Waals surface area contributed by atoms with Gasteiger partial charge in [0.1, 0.15) is 5.69 Å². The van der Waals surface area contributed by atoms with E-state index in [-0.39, 0.29) is 10.8 Å². The van der Waals surface area contributed by atoms with Gasteiger partial charge in [0, 0.05) is 21.8 Å². The van der Waals surface area contributed by atoms with E-state index in [9.17, 15) is 0 Å². The first-order chi connectivity index (χ1) is 21.9. The molecule has 216 valence electrons. The predicted octanol–water partition coefficient (Wildman–Crippen LogP) is 10.8. The third-order valence-electron chi connectivity index (χ3n) is 10.7. The number of benzene rings is 6. The molecule has 0 aliphatic heterocycles. The molecule has 1 aliphatic carbocycles. The molecule has 0 atom stereocenters. The Morgan fingerprint density at radius 1 is 0.533 bits per heavy atom. The number of hydrogen-bond acceptors (Lipinski definition) is 2. The second-order valence-corrected chi connectivity index (χ2v) is 13.4. The Labute approximate surface area is 262 Å². The van der Waals surface area contributed by atoms with Gasteiger partial charge in [0.15, 0.2) is 5.82 Å². The monoisotopic (exact) mass is 579 g/mol. The molecule has 0 N–H and O–H groups in total. The Kier molecular flexibility index (Phi) is 5.30. The average molecular weight is 580 g/mol. The van der Waals surface area contributed by atoms with Crippen molar-refractivity contribution >= 4 is 43.6 Å². The lowest BCUT2D eigenvalue weighted by molar-refractivity contribution is 0.301. The molecule has 8 aromatic rings. The minimum absolute atomic E-state index is 0.147. The SMILES string of the molecule is CC1(C)c2ccc3ccccc3c2-c2ccc3c4ccccc4n(-c4nc5ccccc5nc4-c4ccccc4)c3c2C1(C)C. The molecule has 3 heteroatoms. The summed E-state index contributed by atoms with van der Waals surface area (Å²) < 4.78 is 2.42. The first kappa shape index (κ1) is 26.2. The van der Waals surface area contributed by atoms with Crippen LogP contribution < -0.4 is 0 Å². The van der Waals surface area contributed by atoms with E-state index in [1.165, 1.54) is 49.3 Å². The van der Waals surface area contributed by atoms with Gasteiger partial charge >= 0.3 is 0 Å². The highest BCUT2D eigenvalue weighted by atomic mass is 15.1. The minimum Gasteiger partial charge on any atom is -0.292 e. The smallest absolute Gasteiger partial charge is 0.165 e. The summed E-state index contributed by atoms with van der Waals surface area (Å²) in [7, 11) is 0. The molecule has 0 spiro atoms. The van der Waals surface area contributed by atoms with Crippen molar-refractivity contribution in [3.05, 3.63) is 139 Å². The molecule has 6 aromatic carbocycles. The van der Waals surface area contributed by atoms with Crippen LogP contribution >= 0.6 is 0 Å². The normalized spacial score (nSPS) is 15.0. The van der Waals surface area contributed by atoms with Crippen molar-refractivity contribution in [1.29, 1.82) is 0 Å². The molecule has 0 saturated carbocycles. The first-order valence-corrected chi connectivity index (χ1v) is 15.8. The number of nitrogens with zero attached hydrogens (tertiary/aromatic N) is 3. The summed E-state index contributed by atoms with van der Waals surface area (Å²) in [6, 6.07) is 45.7. The highest BCUT2D eigenvalue weighted by molar-refractivity contribution is 6.14. The van der Waals surface area contributed by atoms with Gasteiger partial charge in [-0.05, 0) is 56.6 Å². The number of hydrogen-bond donors (Lipinski definition) is 0. The van der Waals surface area contributed by atoms with Crippen LogP contribution in [0.2, 0.25) is 0 Å². The molecule has 2 aromatic heterocycles. The first-order valence-electron chi connectivity index (χ1n) is 15.8. The second-order valence-electron chi connectivity index (χ2n) is 13.4. The van der Waals surface area contributed by atoms with Crippen molar-refractivity contribution in [2.24, 2.45) is 0 Å². The Hall–Kier alpha value is -5.28. The van der Waals surface area contributed by atoms with Crippen LogP contribution in [-0.4, -0.2) is 14.5 Å². The van der Waals surface area contributed by atoms with Crippen LogP contribution in [0.15, 0.2) is 127 Å². The summed E-state index contributed by atoms with van der Waals surface area (Å²) >= 11 is 0. The van der Waals surface area contributed by atoms with Gasteiger partial charge in [-0.25, -0.2) is 9.97 Å². The fourth-order valence-electron chi connectivity index (χ4n) is 7.79. The summed E-state index contributed by atoms with van der Waals surface area (Å²) in [4.78, 5) is 10.7. The van der Waals surface area contributed by atoms with Crippen molar-refractivity contribution in [3.63, 3.8) is 0 Å². The highest BCUT2D eigenvalue weighted by Crippen LogP contribution is 2.58. The zero-order chi connectivity index (χ0) is 30.5. The molecule has 2 heterocycles. The molecule has 1 aliphatic rings. The quantitative estimate of drug-likeness (QED) is 0.204. The van der Waals surface area contributed by atoms with E-state index in [0.29, 0.717) is 0 Å². The van der Waals surface area contributed by atoms with Crippen LogP contribution in [0.1, 0.15) is 38.8 Å². The molecule has 0 unspecified atom stereocenters. The predicted molar refractivity (Wildman–Crippen MR) is 188 cm³/mol. The maximum atomic E-state index is 5.42. The molecule has 9 rings (SSSR count). The van der Waals surface area contributed by atoms with E-state index in [1.807, 2.05) is 12.1 Å². The molecule has 3 nitrogen and oxygen atoms in total. The lowest BCUT2D eigenvalue weighted by Crippen LogP contribution is -2.44. The molecular formula is C42H33N3. The van der Waals surface area contributed by atoms with E-state index < -0.39 is 0 Å². The van der Waals surface area contributed by atoms with Gasteiger partial charge in [-0.3, -0.25) is 4.57 Å². The van der Waals surface area contributed by atoms with E-state index >= 15 is 0 Å². The fraction of sp³-hybridized carbons (Fsp3) is 0.143. The van der Waals surface area contributed by atoms with E-state index in [2.05, 4.69) is 148 Å². The second kappa shape index (κ2) is 9.12. The van der Waals surface area contributed by atoms with E-state index in [0.717, 1.165) is 33.6 Å². The summed E-state index contributed by atoms with van der Waals surface area (Å²) in [5.41, 5.74) is 11.1. The molecule has 0 bridgehead atoms. The lowest BCUT2D eigenvalue weighted by Gasteiger charge is -2.49. The van der Waals surface area contributed by atoms with Gasteiger partial charge in [-0.15, -0.1) is 0 Å². The standard InChI is InChI=1S/C42H33N3/c1-41(2)32-25-22-26-14-8-9-17-28(26)36(32)31-24-23-30-29-18-10-13-21-35(29)45(39(30)37(31)42(41,3)4)40-38(27-15-6-5-7-16-27)43-33-19-11-12-20-34(33)44-40/h5-25H,1-4H3. The van der Waals surface area contributed by atoms with Crippen LogP contribution in [0.3, 0.4) is 0 Å². The van der Waals surface area contributed by atoms with Crippen molar-refractivity contribution in [2.45, 2.75) is 38.5 Å². The Morgan fingerprint density at radius 2 is 1.20 bits per heavy atom. The molecule has 0 amide bonds.